The highest BCUT2D eigenvalue weighted by Gasteiger charge is 2.16. The summed E-state index contributed by atoms with van der Waals surface area (Å²) in [5.41, 5.74) is 1.27. The number of hydrogen-bond acceptors (Lipinski definition) is 5. The second-order valence-electron chi connectivity index (χ2n) is 7.46. The van der Waals surface area contributed by atoms with Gasteiger partial charge in [0.1, 0.15) is 18.9 Å². The number of amides is 1. The topological polar surface area (TPSA) is 100 Å². The summed E-state index contributed by atoms with van der Waals surface area (Å²) < 4.78 is 9.48. The maximum Gasteiger partial charge on any atom is 0.332 e. The third-order valence-corrected chi connectivity index (χ3v) is 5.13. The standard InChI is InChI=1S/C23H23N5O4/c1-26-15-25-21-20(26)22(30)28(23(31)27(21)2)13-19(29)24-12-16-7-6-8-17(11-16)14-32-18-9-4-3-5-10-18/h3-11,15H,12-14H2,1-2H3,(H,24,29). The Morgan fingerprint density at radius 1 is 1.03 bits per heavy atom. The quantitative estimate of drug-likeness (QED) is 0.474. The van der Waals surface area contributed by atoms with Crippen LogP contribution in [-0.2, 0) is 38.6 Å². The third-order valence-electron chi connectivity index (χ3n) is 5.13. The van der Waals surface area contributed by atoms with E-state index in [-0.39, 0.29) is 24.3 Å². The van der Waals surface area contributed by atoms with Crippen molar-refractivity contribution in [3.8, 4) is 5.75 Å². The highest BCUT2D eigenvalue weighted by molar-refractivity contribution is 5.76. The molecule has 0 aliphatic rings. The SMILES string of the molecule is Cn1cnc2c1c(=O)n(CC(=O)NCc1cccc(COc3ccccc3)c1)c(=O)n2C. The van der Waals surface area contributed by atoms with Crippen LogP contribution in [0.25, 0.3) is 11.2 Å². The molecule has 2 aromatic heterocycles. The minimum absolute atomic E-state index is 0.265. The van der Waals surface area contributed by atoms with Crippen molar-refractivity contribution in [2.24, 2.45) is 14.1 Å². The van der Waals surface area contributed by atoms with E-state index in [4.69, 9.17) is 4.74 Å². The number of aryl methyl sites for hydroxylation is 2. The van der Waals surface area contributed by atoms with E-state index in [2.05, 4.69) is 10.3 Å². The molecule has 0 saturated heterocycles. The Labute approximate surface area is 183 Å². The molecule has 9 heteroatoms. The fraction of sp³-hybridized carbons (Fsp3) is 0.217. The van der Waals surface area contributed by atoms with Gasteiger partial charge in [-0.25, -0.2) is 14.3 Å². The number of rotatable bonds is 7. The van der Waals surface area contributed by atoms with Crippen LogP contribution >= 0.6 is 0 Å². The van der Waals surface area contributed by atoms with Gasteiger partial charge in [0.05, 0.1) is 6.33 Å². The van der Waals surface area contributed by atoms with Gasteiger partial charge in [0.15, 0.2) is 11.2 Å². The van der Waals surface area contributed by atoms with Gasteiger partial charge in [-0.15, -0.1) is 0 Å². The molecule has 2 aromatic carbocycles. The molecule has 0 radical (unpaired) electrons. The number of aromatic nitrogens is 4. The van der Waals surface area contributed by atoms with Crippen LogP contribution < -0.4 is 21.3 Å². The summed E-state index contributed by atoms with van der Waals surface area (Å²) >= 11 is 0. The van der Waals surface area contributed by atoms with E-state index in [9.17, 15) is 14.4 Å². The van der Waals surface area contributed by atoms with Gasteiger partial charge < -0.3 is 14.6 Å². The van der Waals surface area contributed by atoms with Gasteiger partial charge in [-0.05, 0) is 23.3 Å². The predicted molar refractivity (Wildman–Crippen MR) is 119 cm³/mol. The molecule has 1 amide bonds. The number of ether oxygens (including phenoxy) is 1. The number of para-hydroxylation sites is 1. The van der Waals surface area contributed by atoms with Gasteiger partial charge in [0.2, 0.25) is 5.91 Å². The fourth-order valence-corrected chi connectivity index (χ4v) is 3.45. The van der Waals surface area contributed by atoms with E-state index in [0.717, 1.165) is 21.4 Å². The molecule has 0 spiro atoms. The Balaban J connectivity index is 1.42. The van der Waals surface area contributed by atoms with Gasteiger partial charge in [0.25, 0.3) is 5.56 Å². The van der Waals surface area contributed by atoms with E-state index >= 15 is 0 Å². The Kier molecular flexibility index (Phi) is 5.89. The van der Waals surface area contributed by atoms with Gasteiger partial charge in [-0.3, -0.25) is 14.2 Å². The van der Waals surface area contributed by atoms with Crippen molar-refractivity contribution >= 4 is 17.1 Å². The van der Waals surface area contributed by atoms with Crippen LogP contribution in [0.15, 0.2) is 70.5 Å². The Hall–Kier alpha value is -4.14. The van der Waals surface area contributed by atoms with Crippen molar-refractivity contribution in [1.82, 2.24) is 24.0 Å². The second-order valence-corrected chi connectivity index (χ2v) is 7.46. The first kappa shape index (κ1) is 21.1. The van der Waals surface area contributed by atoms with Crippen molar-refractivity contribution < 1.29 is 9.53 Å². The molecule has 0 aliphatic heterocycles. The average molecular weight is 433 g/mol. The summed E-state index contributed by atoms with van der Waals surface area (Å²) in [4.78, 5) is 41.8. The fourth-order valence-electron chi connectivity index (χ4n) is 3.45. The molecule has 4 rings (SSSR count). The number of nitrogens with zero attached hydrogens (tertiary/aromatic N) is 4. The molecule has 0 bridgehead atoms. The highest BCUT2D eigenvalue weighted by Crippen LogP contribution is 2.12. The first-order valence-corrected chi connectivity index (χ1v) is 10.1. The zero-order chi connectivity index (χ0) is 22.7. The molecule has 1 N–H and O–H groups in total. The smallest absolute Gasteiger partial charge is 0.332 e. The van der Waals surface area contributed by atoms with Crippen molar-refractivity contribution in [2.75, 3.05) is 0 Å². The van der Waals surface area contributed by atoms with Gasteiger partial charge in [-0.2, -0.15) is 0 Å². The Morgan fingerprint density at radius 3 is 2.56 bits per heavy atom. The largest absolute Gasteiger partial charge is 0.489 e. The number of hydrogen-bond donors (Lipinski definition) is 1. The lowest BCUT2D eigenvalue weighted by Crippen LogP contribution is -2.43. The molecule has 4 aromatic rings. The van der Waals surface area contributed by atoms with Gasteiger partial charge in [0, 0.05) is 20.6 Å². The van der Waals surface area contributed by atoms with Crippen molar-refractivity contribution in [2.45, 2.75) is 19.7 Å². The van der Waals surface area contributed by atoms with Crippen LogP contribution in [0.2, 0.25) is 0 Å². The van der Waals surface area contributed by atoms with Crippen LogP contribution in [0.3, 0.4) is 0 Å². The maximum atomic E-state index is 12.7. The monoisotopic (exact) mass is 433 g/mol. The summed E-state index contributed by atoms with van der Waals surface area (Å²) in [6.45, 7) is 0.298. The zero-order valence-electron chi connectivity index (χ0n) is 17.8. The summed E-state index contributed by atoms with van der Waals surface area (Å²) in [6.07, 6.45) is 1.46. The number of imidazole rings is 1. The lowest BCUT2D eigenvalue weighted by Gasteiger charge is -2.10. The molecule has 32 heavy (non-hydrogen) atoms. The number of benzene rings is 2. The summed E-state index contributed by atoms with van der Waals surface area (Å²) in [7, 11) is 3.19. The first-order valence-electron chi connectivity index (χ1n) is 10.1. The van der Waals surface area contributed by atoms with E-state index < -0.39 is 17.2 Å². The van der Waals surface area contributed by atoms with E-state index in [0.29, 0.717) is 6.61 Å². The molecular formula is C23H23N5O4. The second kappa shape index (κ2) is 8.93. The van der Waals surface area contributed by atoms with E-state index in [1.807, 2.05) is 54.6 Å². The predicted octanol–water partition coefficient (Wildman–Crippen LogP) is 1.33. The zero-order valence-corrected chi connectivity index (χ0v) is 17.8. The number of carbonyl (C=O) groups is 1. The minimum atomic E-state index is -0.587. The van der Waals surface area contributed by atoms with Crippen molar-refractivity contribution in [3.05, 3.63) is 92.9 Å². The minimum Gasteiger partial charge on any atom is -0.489 e. The molecule has 0 unspecified atom stereocenters. The normalized spacial score (nSPS) is 10.9. The van der Waals surface area contributed by atoms with Crippen LogP contribution in [-0.4, -0.2) is 24.6 Å². The first-order chi connectivity index (χ1) is 15.4. The highest BCUT2D eigenvalue weighted by atomic mass is 16.5. The van der Waals surface area contributed by atoms with Crippen LogP contribution in [0, 0.1) is 0 Å². The van der Waals surface area contributed by atoms with Crippen LogP contribution in [0.1, 0.15) is 11.1 Å². The molecule has 0 atom stereocenters. The molecule has 0 saturated carbocycles. The molecule has 0 aliphatic carbocycles. The number of fused-ring (bicyclic) bond motifs is 1. The third kappa shape index (κ3) is 4.31. The molecule has 164 valence electrons. The van der Waals surface area contributed by atoms with Crippen molar-refractivity contribution in [3.63, 3.8) is 0 Å². The average Bonchev–Trinajstić information content (AvgIpc) is 3.20. The Bertz CT molecular complexity index is 1390. The van der Waals surface area contributed by atoms with Crippen LogP contribution in [0.5, 0.6) is 5.75 Å². The lowest BCUT2D eigenvalue weighted by molar-refractivity contribution is -0.121. The van der Waals surface area contributed by atoms with Crippen molar-refractivity contribution in [1.29, 1.82) is 0 Å². The van der Waals surface area contributed by atoms with Gasteiger partial charge in [-0.1, -0.05) is 42.5 Å². The van der Waals surface area contributed by atoms with Gasteiger partial charge >= 0.3 is 5.69 Å². The summed E-state index contributed by atoms with van der Waals surface area (Å²) in [6, 6.07) is 17.2. The summed E-state index contributed by atoms with van der Waals surface area (Å²) in [5, 5.41) is 2.77. The van der Waals surface area contributed by atoms with E-state index in [1.54, 1.807) is 7.05 Å². The summed E-state index contributed by atoms with van der Waals surface area (Å²) in [5.74, 6) is 0.347. The molecule has 2 heterocycles. The molecule has 9 nitrogen and oxygen atoms in total. The number of nitrogens with one attached hydrogen (secondary N) is 1. The maximum absolute atomic E-state index is 12.7. The van der Waals surface area contributed by atoms with Crippen LogP contribution in [0.4, 0.5) is 0 Å². The molecule has 0 fully saturated rings. The number of carbonyl (C=O) groups excluding carboxylic acids is 1. The van der Waals surface area contributed by atoms with E-state index in [1.165, 1.54) is 22.5 Å². The molecular weight excluding hydrogens is 410 g/mol. The lowest BCUT2D eigenvalue weighted by atomic mass is 10.1. The Morgan fingerprint density at radius 2 is 1.78 bits per heavy atom.